The van der Waals surface area contributed by atoms with Crippen LogP contribution in [0.25, 0.3) is 0 Å². The second kappa shape index (κ2) is 5.32. The molecule has 0 saturated carbocycles. The van der Waals surface area contributed by atoms with Crippen molar-refractivity contribution in [1.82, 2.24) is 0 Å². The zero-order valence-electron chi connectivity index (χ0n) is 10.6. The van der Waals surface area contributed by atoms with Crippen LogP contribution in [0.1, 0.15) is 42.6 Å². The molecule has 0 radical (unpaired) electrons. The number of benzene rings is 2. The highest BCUT2D eigenvalue weighted by Gasteiger charge is 2.11. The van der Waals surface area contributed by atoms with Gasteiger partial charge in [-0.15, -0.1) is 0 Å². The first kappa shape index (κ1) is 12.8. The van der Waals surface area contributed by atoms with E-state index < -0.39 is 6.10 Å². The van der Waals surface area contributed by atoms with Crippen LogP contribution in [-0.2, 0) is 0 Å². The van der Waals surface area contributed by atoms with Crippen LogP contribution in [0.2, 0.25) is 0 Å². The van der Waals surface area contributed by atoms with E-state index in [1.165, 1.54) is 17.7 Å². The Labute approximate surface area is 107 Å². The Morgan fingerprint density at radius 3 is 2.06 bits per heavy atom. The Kier molecular flexibility index (Phi) is 3.78. The maximum atomic E-state index is 13.1. The zero-order valence-corrected chi connectivity index (χ0v) is 10.6. The summed E-state index contributed by atoms with van der Waals surface area (Å²) >= 11 is 0. The third kappa shape index (κ3) is 2.77. The van der Waals surface area contributed by atoms with Gasteiger partial charge in [0.25, 0.3) is 0 Å². The van der Waals surface area contributed by atoms with Crippen molar-refractivity contribution in [3.05, 3.63) is 71.0 Å². The van der Waals surface area contributed by atoms with Gasteiger partial charge in [0.05, 0.1) is 0 Å². The molecule has 0 aliphatic heterocycles. The van der Waals surface area contributed by atoms with Crippen LogP contribution in [0.15, 0.2) is 48.5 Å². The van der Waals surface area contributed by atoms with E-state index in [4.69, 9.17) is 0 Å². The Morgan fingerprint density at radius 2 is 1.50 bits per heavy atom. The summed E-state index contributed by atoms with van der Waals surface area (Å²) in [6.07, 6.45) is -0.776. The number of rotatable bonds is 3. The quantitative estimate of drug-likeness (QED) is 0.864. The smallest absolute Gasteiger partial charge is 0.123 e. The summed E-state index contributed by atoms with van der Waals surface area (Å²) in [5.41, 5.74) is 2.59. The van der Waals surface area contributed by atoms with Crippen molar-refractivity contribution in [3.8, 4) is 0 Å². The average molecular weight is 244 g/mol. The topological polar surface area (TPSA) is 20.2 Å². The fraction of sp³-hybridized carbons (Fsp3) is 0.250. The van der Waals surface area contributed by atoms with Gasteiger partial charge in [0.1, 0.15) is 11.9 Å². The summed E-state index contributed by atoms with van der Waals surface area (Å²) < 4.78 is 13.1. The van der Waals surface area contributed by atoms with Gasteiger partial charge in [-0.3, -0.25) is 0 Å². The second-order valence-electron chi connectivity index (χ2n) is 4.78. The molecule has 0 unspecified atom stereocenters. The van der Waals surface area contributed by atoms with Crippen LogP contribution >= 0.6 is 0 Å². The van der Waals surface area contributed by atoms with Crippen molar-refractivity contribution in [3.63, 3.8) is 0 Å². The van der Waals surface area contributed by atoms with Gasteiger partial charge in [-0.25, -0.2) is 4.39 Å². The fourth-order valence-electron chi connectivity index (χ4n) is 1.93. The maximum absolute atomic E-state index is 13.1. The van der Waals surface area contributed by atoms with E-state index >= 15 is 0 Å². The van der Waals surface area contributed by atoms with Crippen molar-refractivity contribution in [2.24, 2.45) is 0 Å². The summed E-state index contributed by atoms with van der Waals surface area (Å²) in [7, 11) is 0. The lowest BCUT2D eigenvalue weighted by molar-refractivity contribution is 0.220. The minimum Gasteiger partial charge on any atom is -0.384 e. The zero-order chi connectivity index (χ0) is 13.1. The van der Waals surface area contributed by atoms with Gasteiger partial charge in [-0.05, 0) is 34.7 Å². The van der Waals surface area contributed by atoms with Gasteiger partial charge < -0.3 is 5.11 Å². The molecule has 0 aliphatic carbocycles. The molecular weight excluding hydrogens is 227 g/mol. The molecule has 2 aromatic carbocycles. The second-order valence-corrected chi connectivity index (χ2v) is 4.78. The van der Waals surface area contributed by atoms with E-state index in [1.807, 2.05) is 24.3 Å². The van der Waals surface area contributed by atoms with Crippen LogP contribution in [0.4, 0.5) is 4.39 Å². The van der Waals surface area contributed by atoms with Crippen LogP contribution < -0.4 is 0 Å². The van der Waals surface area contributed by atoms with E-state index in [2.05, 4.69) is 13.8 Å². The number of hydrogen-bond acceptors (Lipinski definition) is 1. The largest absolute Gasteiger partial charge is 0.384 e. The lowest BCUT2D eigenvalue weighted by atomic mass is 9.97. The third-order valence-corrected chi connectivity index (χ3v) is 3.08. The third-order valence-electron chi connectivity index (χ3n) is 3.08. The summed E-state index contributed by atoms with van der Waals surface area (Å²) in [4.78, 5) is 0. The van der Waals surface area contributed by atoms with Gasteiger partial charge in [0, 0.05) is 0 Å². The predicted octanol–water partition coefficient (Wildman–Crippen LogP) is 4.03. The van der Waals surface area contributed by atoms with Crippen molar-refractivity contribution >= 4 is 0 Å². The molecule has 0 aliphatic rings. The molecule has 0 saturated heterocycles. The van der Waals surface area contributed by atoms with Gasteiger partial charge in [0.15, 0.2) is 0 Å². The number of halogens is 1. The predicted molar refractivity (Wildman–Crippen MR) is 71.0 cm³/mol. The fourth-order valence-corrected chi connectivity index (χ4v) is 1.93. The molecule has 94 valence electrons. The first-order valence-corrected chi connectivity index (χ1v) is 6.11. The first-order chi connectivity index (χ1) is 8.58. The van der Waals surface area contributed by atoms with E-state index in [0.717, 1.165) is 5.56 Å². The van der Waals surface area contributed by atoms with Crippen LogP contribution in [-0.4, -0.2) is 5.11 Å². The summed E-state index contributed by atoms with van der Waals surface area (Å²) in [6.45, 7) is 4.25. The van der Waals surface area contributed by atoms with Crippen LogP contribution in [0.3, 0.4) is 0 Å². The van der Waals surface area contributed by atoms with E-state index in [0.29, 0.717) is 11.5 Å². The molecule has 1 atom stereocenters. The van der Waals surface area contributed by atoms with Crippen molar-refractivity contribution in [2.75, 3.05) is 0 Å². The Hall–Kier alpha value is -1.67. The van der Waals surface area contributed by atoms with Crippen LogP contribution in [0.5, 0.6) is 0 Å². The normalized spacial score (nSPS) is 12.7. The monoisotopic (exact) mass is 244 g/mol. The number of aliphatic hydroxyl groups excluding tert-OH is 1. The number of hydrogen-bond donors (Lipinski definition) is 1. The van der Waals surface area contributed by atoms with Crippen molar-refractivity contribution < 1.29 is 9.50 Å². The van der Waals surface area contributed by atoms with E-state index in [-0.39, 0.29) is 5.82 Å². The van der Waals surface area contributed by atoms with E-state index in [9.17, 15) is 9.50 Å². The van der Waals surface area contributed by atoms with Crippen molar-refractivity contribution in [1.29, 1.82) is 0 Å². The molecule has 0 aromatic heterocycles. The summed E-state index contributed by atoms with van der Waals surface area (Å²) in [5, 5.41) is 10.2. The standard InChI is InChI=1S/C16H17FO/c1-11(2)12-6-8-13(9-7-12)16(18)14-4-3-5-15(17)10-14/h3-11,16,18H,1-2H3/t16-/m0/s1. The molecule has 0 heterocycles. The molecule has 2 aromatic rings. The van der Waals surface area contributed by atoms with Gasteiger partial charge in [0.2, 0.25) is 0 Å². The molecule has 18 heavy (non-hydrogen) atoms. The molecule has 0 fully saturated rings. The molecule has 1 N–H and O–H groups in total. The molecule has 2 rings (SSSR count). The highest BCUT2D eigenvalue weighted by Crippen LogP contribution is 2.24. The SMILES string of the molecule is CC(C)c1ccc([C@H](O)c2cccc(F)c2)cc1. The Balaban J connectivity index is 2.26. The summed E-state index contributed by atoms with van der Waals surface area (Å²) in [6, 6.07) is 13.9. The molecule has 0 amide bonds. The minimum absolute atomic E-state index is 0.328. The highest BCUT2D eigenvalue weighted by atomic mass is 19.1. The highest BCUT2D eigenvalue weighted by molar-refractivity contribution is 5.32. The molecule has 1 nitrogen and oxygen atoms in total. The first-order valence-electron chi connectivity index (χ1n) is 6.11. The van der Waals surface area contributed by atoms with Gasteiger partial charge in [-0.1, -0.05) is 50.2 Å². The minimum atomic E-state index is -0.776. The Morgan fingerprint density at radius 1 is 0.889 bits per heavy atom. The number of aliphatic hydroxyl groups is 1. The van der Waals surface area contributed by atoms with E-state index in [1.54, 1.807) is 12.1 Å². The molecule has 2 heteroatoms. The lowest BCUT2D eigenvalue weighted by Crippen LogP contribution is -2.00. The lowest BCUT2D eigenvalue weighted by Gasteiger charge is -2.13. The van der Waals surface area contributed by atoms with Gasteiger partial charge in [-0.2, -0.15) is 0 Å². The van der Waals surface area contributed by atoms with Gasteiger partial charge >= 0.3 is 0 Å². The molecule has 0 spiro atoms. The Bertz CT molecular complexity index is 517. The maximum Gasteiger partial charge on any atom is 0.123 e. The summed E-state index contributed by atoms with van der Waals surface area (Å²) in [5.74, 6) is 0.135. The van der Waals surface area contributed by atoms with Crippen LogP contribution in [0, 0.1) is 5.82 Å². The molecule has 0 bridgehead atoms. The molecular formula is C16H17FO. The average Bonchev–Trinajstić information content (AvgIpc) is 2.38. The van der Waals surface area contributed by atoms with Crippen molar-refractivity contribution in [2.45, 2.75) is 25.9 Å².